The summed E-state index contributed by atoms with van der Waals surface area (Å²) < 4.78 is 10.7. The molecular formula is C45H48N8O6. The van der Waals surface area contributed by atoms with Crippen LogP contribution in [0.15, 0.2) is 146 Å². The van der Waals surface area contributed by atoms with Crippen LogP contribution in [0.5, 0.6) is 0 Å². The second-order valence-electron chi connectivity index (χ2n) is 12.9. The lowest BCUT2D eigenvalue weighted by molar-refractivity contribution is 0.101. The maximum Gasteiger partial charge on any atom is 0.408 e. The highest BCUT2D eigenvalue weighted by molar-refractivity contribution is 6.06. The van der Waals surface area contributed by atoms with Crippen LogP contribution in [0.4, 0.5) is 32.3 Å². The number of aromatic nitrogens is 2. The predicted octanol–water partition coefficient (Wildman–Crippen LogP) is 8.44. The zero-order chi connectivity index (χ0) is 41.3. The van der Waals surface area contributed by atoms with Crippen LogP contribution in [0.3, 0.4) is 0 Å². The Kier molecular flexibility index (Phi) is 16.5. The van der Waals surface area contributed by atoms with Crippen molar-refractivity contribution in [1.29, 1.82) is 0 Å². The molecule has 0 radical (unpaired) electrons. The third-order valence-electron chi connectivity index (χ3n) is 8.60. The van der Waals surface area contributed by atoms with Crippen LogP contribution in [0, 0.1) is 0 Å². The summed E-state index contributed by atoms with van der Waals surface area (Å²) in [5.41, 5.74) is 18.1. The highest BCUT2D eigenvalue weighted by Crippen LogP contribution is 2.20. The van der Waals surface area contributed by atoms with E-state index in [1.807, 2.05) is 12.1 Å². The first-order chi connectivity index (χ1) is 28.0. The van der Waals surface area contributed by atoms with Gasteiger partial charge in [0.2, 0.25) is 0 Å². The van der Waals surface area contributed by atoms with E-state index in [0.29, 0.717) is 33.9 Å². The van der Waals surface area contributed by atoms with Crippen LogP contribution in [0.1, 0.15) is 76.5 Å². The normalized spacial score (nSPS) is 11.2. The second-order valence-corrected chi connectivity index (χ2v) is 12.9. The number of nitrogen functional groups attached to an aromatic ring is 2. The molecule has 6 rings (SSSR count). The van der Waals surface area contributed by atoms with E-state index in [1.165, 1.54) is 0 Å². The van der Waals surface area contributed by atoms with E-state index in [-0.39, 0.29) is 32.3 Å². The van der Waals surface area contributed by atoms with Crippen LogP contribution in [-0.2, 0) is 22.6 Å². The Morgan fingerprint density at radius 2 is 0.915 bits per heavy atom. The fourth-order valence-corrected chi connectivity index (χ4v) is 5.28. The fraction of sp³-hybridized carbons (Fsp3) is 0.156. The van der Waals surface area contributed by atoms with Crippen molar-refractivity contribution in [2.45, 2.75) is 46.6 Å². The number of ether oxygens (including phenoxy) is 2. The van der Waals surface area contributed by atoms with Gasteiger partial charge in [-0.3, -0.25) is 19.6 Å². The molecule has 0 unspecified atom stereocenters. The summed E-state index contributed by atoms with van der Waals surface area (Å²) in [6, 6.07) is 35.2. The lowest BCUT2D eigenvalue weighted by Gasteiger charge is -2.14. The molecular weight excluding hydrogens is 749 g/mol. The lowest BCUT2D eigenvalue weighted by atomic mass is 10.1. The molecule has 0 saturated heterocycles. The van der Waals surface area contributed by atoms with Crippen LogP contribution < -0.4 is 32.7 Å². The van der Waals surface area contributed by atoms with Gasteiger partial charge in [0, 0.05) is 60.1 Å². The summed E-state index contributed by atoms with van der Waals surface area (Å²) in [5, 5.41) is 10.9. The maximum absolute atomic E-state index is 12.3. The summed E-state index contributed by atoms with van der Waals surface area (Å²) in [6.07, 6.45) is 4.78. The minimum atomic E-state index is -0.525. The Balaban J connectivity index is 0.000000256. The third-order valence-corrected chi connectivity index (χ3v) is 8.60. The van der Waals surface area contributed by atoms with Crippen molar-refractivity contribution in [3.8, 4) is 0 Å². The molecule has 0 aliphatic carbocycles. The highest BCUT2D eigenvalue weighted by Gasteiger charge is 2.14. The van der Waals surface area contributed by atoms with Gasteiger partial charge >= 0.3 is 12.2 Å². The molecule has 0 bridgehead atoms. The maximum atomic E-state index is 12.3. The number of rotatable bonds is 12. The van der Waals surface area contributed by atoms with Gasteiger partial charge in [0.05, 0.1) is 22.7 Å². The number of nitrogens with one attached hydrogen (secondary N) is 4. The number of anilines is 4. The molecule has 304 valence electrons. The number of amides is 4. The molecule has 59 heavy (non-hydrogen) atoms. The summed E-state index contributed by atoms with van der Waals surface area (Å²) in [5.74, 6) is -0.515. The largest absolute Gasteiger partial charge is 0.442 e. The molecule has 0 spiro atoms. The minimum Gasteiger partial charge on any atom is -0.442 e. The zero-order valence-corrected chi connectivity index (χ0v) is 31.9. The van der Waals surface area contributed by atoms with E-state index in [0.717, 1.165) is 22.3 Å². The van der Waals surface area contributed by atoms with E-state index in [2.05, 4.69) is 31.2 Å². The molecule has 0 aliphatic rings. The Bertz CT molecular complexity index is 2110. The van der Waals surface area contributed by atoms with Gasteiger partial charge in [-0.05, 0) is 85.6 Å². The Hall–Kier alpha value is -7.74. The first-order valence-corrected chi connectivity index (χ1v) is 18.2. The summed E-state index contributed by atoms with van der Waals surface area (Å²) in [4.78, 5) is 56.7. The number of nitrogens with zero attached hydrogens (tertiary/aromatic N) is 2. The van der Waals surface area contributed by atoms with Gasteiger partial charge in [-0.25, -0.2) is 9.59 Å². The summed E-state index contributed by atoms with van der Waals surface area (Å²) in [6.45, 7) is 4.13. The number of nitrogens with two attached hydrogens (primary N) is 2. The number of para-hydroxylation sites is 4. The first-order valence-electron chi connectivity index (χ1n) is 18.2. The number of carbonyl (C=O) groups is 4. The van der Waals surface area contributed by atoms with Crippen LogP contribution >= 0.6 is 0 Å². The van der Waals surface area contributed by atoms with Crippen molar-refractivity contribution in [2.24, 2.45) is 0 Å². The molecule has 14 heteroatoms. The molecule has 6 aromatic rings. The number of alkyl carbamates (subject to hydrolysis) is 2. The molecule has 14 nitrogen and oxygen atoms in total. The molecule has 2 atom stereocenters. The number of hydrogen-bond donors (Lipinski definition) is 6. The number of benzene rings is 4. The van der Waals surface area contributed by atoms with E-state index in [4.69, 9.17) is 20.9 Å². The first kappa shape index (κ1) is 44.0. The monoisotopic (exact) mass is 796 g/mol. The predicted molar refractivity (Wildman–Crippen MR) is 229 cm³/mol. The SMILES string of the molecule is C.C[C@@H](OC(=O)NCc1ccc(C(=O)Nc2ccccc2N)cc1)c1cccnc1.C[C@H](OC(=O)NCc1ccc(C(=O)Nc2ccccc2N)cc1)c1cccnc1. The quantitative estimate of drug-likeness (QED) is 0.0650. The van der Waals surface area contributed by atoms with Crippen molar-refractivity contribution in [2.75, 3.05) is 22.1 Å². The summed E-state index contributed by atoms with van der Waals surface area (Å²) in [7, 11) is 0. The summed E-state index contributed by atoms with van der Waals surface area (Å²) >= 11 is 0. The van der Waals surface area contributed by atoms with Crippen LogP contribution in [-0.4, -0.2) is 34.0 Å². The lowest BCUT2D eigenvalue weighted by Crippen LogP contribution is -2.25. The van der Waals surface area contributed by atoms with E-state index in [1.54, 1.807) is 148 Å². The second kappa shape index (κ2) is 22.1. The third kappa shape index (κ3) is 13.8. The Morgan fingerprint density at radius 3 is 1.25 bits per heavy atom. The van der Waals surface area contributed by atoms with Gasteiger partial charge in [0.25, 0.3) is 11.8 Å². The molecule has 2 aromatic heterocycles. The van der Waals surface area contributed by atoms with Crippen molar-refractivity contribution in [3.05, 3.63) is 179 Å². The molecule has 4 aromatic carbocycles. The average Bonchev–Trinajstić information content (AvgIpc) is 3.25. The Morgan fingerprint density at radius 1 is 0.542 bits per heavy atom. The zero-order valence-electron chi connectivity index (χ0n) is 31.9. The van der Waals surface area contributed by atoms with Gasteiger partial charge in [0.1, 0.15) is 12.2 Å². The number of hydrogen-bond acceptors (Lipinski definition) is 10. The van der Waals surface area contributed by atoms with Gasteiger partial charge in [-0.1, -0.05) is 68.1 Å². The molecule has 0 saturated carbocycles. The fourth-order valence-electron chi connectivity index (χ4n) is 5.28. The van der Waals surface area contributed by atoms with E-state index in [9.17, 15) is 19.2 Å². The van der Waals surface area contributed by atoms with E-state index < -0.39 is 24.4 Å². The molecule has 8 N–H and O–H groups in total. The van der Waals surface area contributed by atoms with Gasteiger partial charge in [0.15, 0.2) is 0 Å². The van der Waals surface area contributed by atoms with Gasteiger partial charge in [-0.15, -0.1) is 0 Å². The standard InChI is InChI=1S/2C22H22N4O3.CH4/c2*1-15(18-5-4-12-24-14-18)29-22(28)25-13-16-8-10-17(11-9-16)21(27)26-20-7-3-2-6-19(20)23;/h2*2-12,14-15H,13,23H2,1H3,(H,25,28)(H,26,27);1H4/t2*15-;/m10./s1. The molecule has 0 fully saturated rings. The number of carbonyl (C=O) groups excluding carboxylic acids is 4. The van der Waals surface area contributed by atoms with Crippen molar-refractivity contribution in [3.63, 3.8) is 0 Å². The van der Waals surface area contributed by atoms with Crippen molar-refractivity contribution < 1.29 is 28.7 Å². The number of pyridine rings is 2. The van der Waals surface area contributed by atoms with Gasteiger partial charge < -0.3 is 42.2 Å². The smallest absolute Gasteiger partial charge is 0.408 e. The average molecular weight is 797 g/mol. The Labute approximate surface area is 343 Å². The van der Waals surface area contributed by atoms with Crippen LogP contribution in [0.25, 0.3) is 0 Å². The van der Waals surface area contributed by atoms with E-state index >= 15 is 0 Å². The van der Waals surface area contributed by atoms with Crippen molar-refractivity contribution in [1.82, 2.24) is 20.6 Å². The highest BCUT2D eigenvalue weighted by atomic mass is 16.6. The van der Waals surface area contributed by atoms with Crippen LogP contribution in [0.2, 0.25) is 0 Å². The minimum absolute atomic E-state index is 0. The van der Waals surface area contributed by atoms with Gasteiger partial charge in [-0.2, -0.15) is 0 Å². The molecule has 4 amide bonds. The topological polar surface area (TPSA) is 213 Å². The molecule has 2 heterocycles. The molecule has 0 aliphatic heterocycles. The van der Waals surface area contributed by atoms with Crippen molar-refractivity contribution >= 4 is 46.8 Å².